The highest BCUT2D eigenvalue weighted by molar-refractivity contribution is 6.06. The summed E-state index contributed by atoms with van der Waals surface area (Å²) in [5, 5.41) is 3.03. The van der Waals surface area contributed by atoms with E-state index in [0.29, 0.717) is 60.2 Å². The first kappa shape index (κ1) is 31.5. The number of rotatable bonds is 12. The van der Waals surface area contributed by atoms with Gasteiger partial charge in [0.1, 0.15) is 0 Å². The summed E-state index contributed by atoms with van der Waals surface area (Å²) in [6, 6.07) is 17.1. The van der Waals surface area contributed by atoms with Crippen molar-refractivity contribution in [1.82, 2.24) is 9.88 Å². The first-order valence-electron chi connectivity index (χ1n) is 15.2. The molecule has 4 aromatic rings. The summed E-state index contributed by atoms with van der Waals surface area (Å²) in [5.74, 6) is 1.98. The molecular formula is C36H40N2O7. The lowest BCUT2D eigenvalue weighted by atomic mass is 9.93. The first-order chi connectivity index (χ1) is 21.8. The van der Waals surface area contributed by atoms with Crippen LogP contribution in [-0.4, -0.2) is 57.5 Å². The molecule has 1 aliphatic rings. The van der Waals surface area contributed by atoms with Crippen LogP contribution in [0.2, 0.25) is 0 Å². The van der Waals surface area contributed by atoms with E-state index < -0.39 is 5.97 Å². The van der Waals surface area contributed by atoms with Gasteiger partial charge in [0.15, 0.2) is 23.0 Å². The van der Waals surface area contributed by atoms with Crippen LogP contribution >= 0.6 is 0 Å². The second-order valence-electron chi connectivity index (χ2n) is 10.7. The minimum absolute atomic E-state index is 0.197. The molecule has 0 saturated carbocycles. The van der Waals surface area contributed by atoms with E-state index in [-0.39, 0.29) is 12.5 Å². The summed E-state index contributed by atoms with van der Waals surface area (Å²) in [6.45, 7) is 7.63. The highest BCUT2D eigenvalue weighted by atomic mass is 16.5. The van der Waals surface area contributed by atoms with Crippen molar-refractivity contribution in [2.45, 2.75) is 40.2 Å². The number of nitrogens with zero attached hydrogens (tertiary/aromatic N) is 1. The highest BCUT2D eigenvalue weighted by Crippen LogP contribution is 2.45. The lowest BCUT2D eigenvalue weighted by molar-refractivity contribution is 0.0528. The molecule has 0 saturated heterocycles. The van der Waals surface area contributed by atoms with Gasteiger partial charge in [-0.2, -0.15) is 0 Å². The Morgan fingerprint density at radius 3 is 2.33 bits per heavy atom. The number of carbonyl (C=O) groups is 2. The smallest absolute Gasteiger partial charge is 0.340 e. The quantitative estimate of drug-likeness (QED) is 0.189. The van der Waals surface area contributed by atoms with Gasteiger partial charge in [-0.1, -0.05) is 18.2 Å². The summed E-state index contributed by atoms with van der Waals surface area (Å²) in [7, 11) is 4.82. The molecule has 1 aliphatic heterocycles. The van der Waals surface area contributed by atoms with Crippen LogP contribution in [0.15, 0.2) is 54.6 Å². The number of esters is 1. The van der Waals surface area contributed by atoms with E-state index in [9.17, 15) is 9.59 Å². The van der Waals surface area contributed by atoms with Gasteiger partial charge >= 0.3 is 5.97 Å². The third-order valence-corrected chi connectivity index (χ3v) is 8.11. The van der Waals surface area contributed by atoms with Crippen molar-refractivity contribution in [1.29, 1.82) is 0 Å². The number of aromatic nitrogens is 1. The predicted molar refractivity (Wildman–Crippen MR) is 173 cm³/mol. The molecular weight excluding hydrogens is 572 g/mol. The zero-order valence-electron chi connectivity index (χ0n) is 26.7. The van der Waals surface area contributed by atoms with Gasteiger partial charge in [-0.05, 0) is 86.7 Å². The van der Waals surface area contributed by atoms with Crippen LogP contribution in [0, 0.1) is 6.92 Å². The number of nitrogens with one attached hydrogen (secondary N) is 1. The van der Waals surface area contributed by atoms with Crippen molar-refractivity contribution in [2.75, 3.05) is 41.1 Å². The van der Waals surface area contributed by atoms with Crippen molar-refractivity contribution >= 4 is 11.9 Å². The van der Waals surface area contributed by atoms with Crippen LogP contribution in [0.4, 0.5) is 0 Å². The average Bonchev–Trinajstić information content (AvgIpc) is 3.36. The predicted octanol–water partition coefficient (Wildman–Crippen LogP) is 6.26. The second-order valence-corrected chi connectivity index (χ2v) is 10.7. The molecule has 3 aromatic carbocycles. The molecule has 2 heterocycles. The maximum absolute atomic E-state index is 13.6. The Hall–Kier alpha value is -4.92. The molecule has 9 nitrogen and oxygen atoms in total. The van der Waals surface area contributed by atoms with Crippen LogP contribution in [-0.2, 0) is 24.1 Å². The van der Waals surface area contributed by atoms with Crippen molar-refractivity contribution in [2.24, 2.45) is 0 Å². The van der Waals surface area contributed by atoms with E-state index in [1.807, 2.05) is 62.4 Å². The Kier molecular flexibility index (Phi) is 9.66. The fourth-order valence-corrected chi connectivity index (χ4v) is 6.02. The average molecular weight is 613 g/mol. The SMILES string of the molecule is CCOC(=O)c1c(-c2cccc(C(=O)NCCc3ccc(OC)c(OCC)c3)c2)c(C)n2c1-c1cc(OC)c(OC)cc1CC2. The van der Waals surface area contributed by atoms with Gasteiger partial charge in [-0.15, -0.1) is 0 Å². The van der Waals surface area contributed by atoms with E-state index in [2.05, 4.69) is 9.88 Å². The van der Waals surface area contributed by atoms with Crippen LogP contribution in [0.25, 0.3) is 22.4 Å². The van der Waals surface area contributed by atoms with Gasteiger partial charge in [-0.3, -0.25) is 4.79 Å². The topological polar surface area (TPSA) is 97.3 Å². The maximum atomic E-state index is 13.6. The van der Waals surface area contributed by atoms with E-state index >= 15 is 0 Å². The number of aryl methyl sites for hydroxylation is 1. The third-order valence-electron chi connectivity index (χ3n) is 8.11. The van der Waals surface area contributed by atoms with Gasteiger partial charge < -0.3 is 33.6 Å². The van der Waals surface area contributed by atoms with Crippen LogP contribution in [0.5, 0.6) is 23.0 Å². The van der Waals surface area contributed by atoms with Gasteiger partial charge in [-0.25, -0.2) is 4.79 Å². The van der Waals surface area contributed by atoms with Crippen LogP contribution in [0.1, 0.15) is 51.4 Å². The molecule has 0 spiro atoms. The molecule has 1 aromatic heterocycles. The number of carbonyl (C=O) groups excluding carboxylic acids is 2. The molecule has 0 atom stereocenters. The van der Waals surface area contributed by atoms with Gasteiger partial charge in [0.25, 0.3) is 5.91 Å². The van der Waals surface area contributed by atoms with E-state index in [1.165, 1.54) is 0 Å². The fraction of sp³-hybridized carbons (Fsp3) is 0.333. The normalized spacial score (nSPS) is 11.7. The Morgan fingerprint density at radius 2 is 1.62 bits per heavy atom. The zero-order valence-corrected chi connectivity index (χ0v) is 26.7. The lowest BCUT2D eigenvalue weighted by Gasteiger charge is -2.23. The molecule has 1 amide bonds. The van der Waals surface area contributed by atoms with E-state index in [0.717, 1.165) is 45.6 Å². The van der Waals surface area contributed by atoms with Gasteiger partial charge in [0.2, 0.25) is 0 Å². The zero-order chi connectivity index (χ0) is 32.1. The molecule has 236 valence electrons. The number of amides is 1. The molecule has 0 fully saturated rings. The molecule has 9 heteroatoms. The third kappa shape index (κ3) is 6.20. The molecule has 0 bridgehead atoms. The molecule has 0 unspecified atom stereocenters. The Bertz CT molecular complexity index is 1720. The largest absolute Gasteiger partial charge is 0.493 e. The number of benzene rings is 3. The monoisotopic (exact) mass is 612 g/mol. The number of hydrogen-bond acceptors (Lipinski definition) is 7. The molecule has 45 heavy (non-hydrogen) atoms. The minimum atomic E-state index is -0.409. The van der Waals surface area contributed by atoms with Crippen LogP contribution in [0.3, 0.4) is 0 Å². The summed E-state index contributed by atoms with van der Waals surface area (Å²) < 4.78 is 30.0. The Morgan fingerprint density at radius 1 is 0.867 bits per heavy atom. The summed E-state index contributed by atoms with van der Waals surface area (Å²) in [6.07, 6.45) is 1.39. The summed E-state index contributed by atoms with van der Waals surface area (Å²) >= 11 is 0. The standard InChI is InChI=1S/C36H40N2O7/c1-7-44-31-18-23(12-13-28(31)41-4)14-16-37-35(39)26-11-9-10-25(19-26)32-22(3)38-17-15-24-20-29(42-5)30(43-6)21-27(24)34(38)33(32)36(40)45-8-2/h9-13,18-21H,7-8,14-17H2,1-6H3,(H,37,39). The Balaban J connectivity index is 1.47. The van der Waals surface area contributed by atoms with Crippen molar-refractivity contribution in [3.8, 4) is 45.4 Å². The summed E-state index contributed by atoms with van der Waals surface area (Å²) in [5.41, 5.74) is 7.19. The van der Waals surface area contributed by atoms with Gasteiger partial charge in [0.05, 0.1) is 45.8 Å². The summed E-state index contributed by atoms with van der Waals surface area (Å²) in [4.78, 5) is 26.9. The molecule has 0 radical (unpaired) electrons. The fourth-order valence-electron chi connectivity index (χ4n) is 6.02. The van der Waals surface area contributed by atoms with Gasteiger partial charge in [0, 0.05) is 35.5 Å². The number of ether oxygens (including phenoxy) is 5. The van der Waals surface area contributed by atoms with Crippen molar-refractivity contribution in [3.63, 3.8) is 0 Å². The Labute approximate surface area is 264 Å². The first-order valence-corrected chi connectivity index (χ1v) is 15.2. The number of methoxy groups -OCH3 is 3. The van der Waals surface area contributed by atoms with Crippen LogP contribution < -0.4 is 24.3 Å². The molecule has 1 N–H and O–H groups in total. The molecule has 5 rings (SSSR count). The second kappa shape index (κ2) is 13.8. The van der Waals surface area contributed by atoms with Crippen molar-refractivity contribution < 1.29 is 33.3 Å². The van der Waals surface area contributed by atoms with E-state index in [1.54, 1.807) is 34.3 Å². The molecule has 0 aliphatic carbocycles. The number of fused-ring (bicyclic) bond motifs is 3. The minimum Gasteiger partial charge on any atom is -0.493 e. The number of hydrogen-bond donors (Lipinski definition) is 1. The lowest BCUT2D eigenvalue weighted by Crippen LogP contribution is -2.25. The van der Waals surface area contributed by atoms with Crippen molar-refractivity contribution in [3.05, 3.63) is 82.5 Å². The van der Waals surface area contributed by atoms with E-state index in [4.69, 9.17) is 23.7 Å². The highest BCUT2D eigenvalue weighted by Gasteiger charge is 2.32. The maximum Gasteiger partial charge on any atom is 0.340 e.